The minimum Gasteiger partial charge on any atom is -0.294 e. The Balaban J connectivity index is 1.60. The molecule has 1 aliphatic carbocycles. The second kappa shape index (κ2) is 6.02. The van der Waals surface area contributed by atoms with Gasteiger partial charge in [0.25, 0.3) is 5.78 Å². The molecule has 122 valence electrons. The van der Waals surface area contributed by atoms with E-state index in [4.69, 9.17) is 0 Å². The van der Waals surface area contributed by atoms with E-state index in [9.17, 15) is 4.79 Å². The number of Topliss-reactive ketones (excluding diaryl/α,β-unsaturated/α-hetero) is 1. The van der Waals surface area contributed by atoms with Crippen LogP contribution in [0.1, 0.15) is 40.5 Å². The van der Waals surface area contributed by atoms with Crippen molar-refractivity contribution in [2.24, 2.45) is 5.92 Å². The molecule has 1 aliphatic rings. The lowest BCUT2D eigenvalue weighted by Crippen LogP contribution is -2.20. The molecule has 0 saturated carbocycles. The van der Waals surface area contributed by atoms with Crippen molar-refractivity contribution in [1.82, 2.24) is 19.6 Å². The van der Waals surface area contributed by atoms with Crippen molar-refractivity contribution in [3.63, 3.8) is 0 Å². The minimum absolute atomic E-state index is 0.155. The van der Waals surface area contributed by atoms with Gasteiger partial charge in [-0.1, -0.05) is 48.5 Å². The summed E-state index contributed by atoms with van der Waals surface area (Å²) in [6, 6.07) is 8.42. The molecule has 2 aromatic heterocycles. The third kappa shape index (κ3) is 2.94. The molecule has 0 radical (unpaired) electrons. The van der Waals surface area contributed by atoms with E-state index in [1.165, 1.54) is 11.1 Å². The molecular formula is C18H18N4OS. The van der Waals surface area contributed by atoms with Crippen LogP contribution in [0, 0.1) is 12.8 Å². The van der Waals surface area contributed by atoms with Gasteiger partial charge in [-0.05, 0) is 24.8 Å². The molecule has 5 nitrogen and oxygen atoms in total. The Morgan fingerprint density at radius 1 is 1.29 bits per heavy atom. The summed E-state index contributed by atoms with van der Waals surface area (Å²) in [5, 5.41) is 5.15. The van der Waals surface area contributed by atoms with Crippen molar-refractivity contribution in [1.29, 1.82) is 0 Å². The van der Waals surface area contributed by atoms with Crippen LogP contribution in [-0.2, 0) is 12.2 Å². The summed E-state index contributed by atoms with van der Waals surface area (Å²) < 4.78 is 1.63. The largest absolute Gasteiger partial charge is 0.294 e. The van der Waals surface area contributed by atoms with E-state index < -0.39 is 0 Å². The lowest BCUT2D eigenvalue weighted by atomic mass is 9.88. The highest BCUT2D eigenvalue weighted by Gasteiger charge is 2.25. The molecule has 0 amide bonds. The van der Waals surface area contributed by atoms with Crippen molar-refractivity contribution >= 4 is 23.3 Å². The summed E-state index contributed by atoms with van der Waals surface area (Å²) in [6.45, 7) is 4.17. The molecule has 1 atom stereocenters. The van der Waals surface area contributed by atoms with E-state index in [0.29, 0.717) is 28.8 Å². The fourth-order valence-corrected chi connectivity index (χ4v) is 3.83. The Hall–Kier alpha value is -2.21. The van der Waals surface area contributed by atoms with Crippen LogP contribution in [0.15, 0.2) is 35.6 Å². The number of aryl methyl sites for hydroxylation is 1. The van der Waals surface area contributed by atoms with Gasteiger partial charge in [-0.25, -0.2) is 9.50 Å². The van der Waals surface area contributed by atoms with Gasteiger partial charge in [0.2, 0.25) is 5.16 Å². The Labute approximate surface area is 144 Å². The van der Waals surface area contributed by atoms with Crippen molar-refractivity contribution in [3.8, 4) is 0 Å². The number of carbonyl (C=O) groups excluding carboxylic acids is 1. The molecule has 0 unspecified atom stereocenters. The number of benzene rings is 1. The van der Waals surface area contributed by atoms with Gasteiger partial charge in [0.1, 0.15) is 0 Å². The summed E-state index contributed by atoms with van der Waals surface area (Å²) in [5.74, 6) is 1.89. The molecule has 24 heavy (non-hydrogen) atoms. The van der Waals surface area contributed by atoms with Crippen LogP contribution in [0.2, 0.25) is 0 Å². The number of nitrogens with zero attached hydrogens (tertiary/aromatic N) is 4. The smallest absolute Gasteiger partial charge is 0.253 e. The Bertz CT molecular complexity index is 934. The maximum atomic E-state index is 12.2. The zero-order chi connectivity index (χ0) is 16.7. The minimum atomic E-state index is 0.155. The molecule has 4 rings (SSSR count). The maximum absolute atomic E-state index is 12.2. The predicted octanol–water partition coefficient (Wildman–Crippen LogP) is 3.49. The monoisotopic (exact) mass is 338 g/mol. The van der Waals surface area contributed by atoms with Crippen LogP contribution in [0.25, 0.3) is 5.78 Å². The third-order valence-electron chi connectivity index (χ3n) is 4.22. The average molecular weight is 338 g/mol. The van der Waals surface area contributed by atoms with Crippen LogP contribution in [-0.4, -0.2) is 25.4 Å². The normalized spacial score (nSPS) is 17.2. The lowest BCUT2D eigenvalue weighted by molar-refractivity contribution is 0.0951. The molecule has 0 N–H and O–H groups in total. The maximum Gasteiger partial charge on any atom is 0.253 e. The number of aromatic nitrogens is 4. The molecule has 0 fully saturated rings. The number of thioether (sulfide) groups is 1. The first-order valence-corrected chi connectivity index (χ1v) is 9.05. The highest BCUT2D eigenvalue weighted by molar-refractivity contribution is 7.98. The first-order valence-electron chi connectivity index (χ1n) is 8.06. The molecule has 6 heteroatoms. The second-order valence-corrected chi connectivity index (χ2v) is 7.40. The van der Waals surface area contributed by atoms with E-state index in [1.54, 1.807) is 22.5 Å². The first kappa shape index (κ1) is 15.3. The zero-order valence-corrected chi connectivity index (χ0v) is 14.5. The quantitative estimate of drug-likeness (QED) is 0.684. The summed E-state index contributed by atoms with van der Waals surface area (Å²) >= 11 is 1.58. The first-order chi connectivity index (χ1) is 11.6. The lowest BCUT2D eigenvalue weighted by Gasteiger charge is -2.18. The van der Waals surface area contributed by atoms with E-state index >= 15 is 0 Å². The number of rotatable bonds is 3. The van der Waals surface area contributed by atoms with Gasteiger partial charge in [-0.2, -0.15) is 4.98 Å². The number of ketones is 1. The van der Waals surface area contributed by atoms with Crippen LogP contribution in [0.3, 0.4) is 0 Å². The molecule has 1 aromatic carbocycles. The van der Waals surface area contributed by atoms with E-state index in [1.807, 2.05) is 0 Å². The van der Waals surface area contributed by atoms with E-state index in [2.05, 4.69) is 53.2 Å². The van der Waals surface area contributed by atoms with E-state index in [-0.39, 0.29) is 5.78 Å². The van der Waals surface area contributed by atoms with Gasteiger partial charge >= 0.3 is 0 Å². The fraction of sp³-hybridized carbons (Fsp3) is 0.333. The van der Waals surface area contributed by atoms with Gasteiger partial charge in [-0.15, -0.1) is 5.10 Å². The summed E-state index contributed by atoms with van der Waals surface area (Å²) in [7, 11) is 0. The van der Waals surface area contributed by atoms with Crippen LogP contribution in [0.4, 0.5) is 0 Å². The standard InChI is InChI=1S/C18H18N4OS/c1-11-4-3-5-13(6-11)10-24-18-20-17-19-15-7-12(2)8-16(23)14(15)9-22(17)21-18/h3-6,9,12H,7-8,10H2,1-2H3/t12-/m0/s1. The summed E-state index contributed by atoms with van der Waals surface area (Å²) in [4.78, 5) is 21.2. The van der Waals surface area contributed by atoms with Crippen LogP contribution < -0.4 is 0 Å². The van der Waals surface area contributed by atoms with Crippen molar-refractivity contribution in [2.45, 2.75) is 37.6 Å². The van der Waals surface area contributed by atoms with Crippen molar-refractivity contribution < 1.29 is 4.79 Å². The van der Waals surface area contributed by atoms with Gasteiger partial charge in [0.05, 0.1) is 11.3 Å². The Kier molecular flexibility index (Phi) is 3.84. The van der Waals surface area contributed by atoms with Gasteiger partial charge in [0, 0.05) is 18.4 Å². The molecule has 3 aromatic rings. The molecule has 2 heterocycles. The SMILES string of the molecule is Cc1cccc(CSc2nc3nc4c(cn3n2)C(=O)C[C@@H](C)C4)c1. The Morgan fingerprint density at radius 3 is 3.00 bits per heavy atom. The number of hydrogen-bond acceptors (Lipinski definition) is 5. The Morgan fingerprint density at radius 2 is 2.17 bits per heavy atom. The summed E-state index contributed by atoms with van der Waals surface area (Å²) in [5.41, 5.74) is 4.04. The molecule has 0 saturated heterocycles. The number of carbonyl (C=O) groups is 1. The summed E-state index contributed by atoms with van der Waals surface area (Å²) in [6.07, 6.45) is 3.20. The van der Waals surface area contributed by atoms with Crippen molar-refractivity contribution in [3.05, 3.63) is 52.8 Å². The van der Waals surface area contributed by atoms with Gasteiger partial charge in [0.15, 0.2) is 5.78 Å². The third-order valence-corrected chi connectivity index (χ3v) is 5.13. The zero-order valence-electron chi connectivity index (χ0n) is 13.7. The molecular weight excluding hydrogens is 320 g/mol. The highest BCUT2D eigenvalue weighted by Crippen LogP contribution is 2.25. The van der Waals surface area contributed by atoms with Crippen molar-refractivity contribution in [2.75, 3.05) is 0 Å². The van der Waals surface area contributed by atoms with Gasteiger partial charge < -0.3 is 0 Å². The molecule has 0 spiro atoms. The van der Waals surface area contributed by atoms with E-state index in [0.717, 1.165) is 17.9 Å². The second-order valence-electron chi connectivity index (χ2n) is 6.45. The predicted molar refractivity (Wildman–Crippen MR) is 93.3 cm³/mol. The number of fused-ring (bicyclic) bond motifs is 2. The topological polar surface area (TPSA) is 60.1 Å². The average Bonchev–Trinajstić information content (AvgIpc) is 2.93. The number of hydrogen-bond donors (Lipinski definition) is 0. The molecule has 0 bridgehead atoms. The highest BCUT2D eigenvalue weighted by atomic mass is 32.2. The molecule has 0 aliphatic heterocycles. The van der Waals surface area contributed by atoms with Crippen LogP contribution in [0.5, 0.6) is 0 Å². The van der Waals surface area contributed by atoms with Gasteiger partial charge in [-0.3, -0.25) is 4.79 Å². The van der Waals surface area contributed by atoms with Crippen LogP contribution >= 0.6 is 11.8 Å². The fourth-order valence-electron chi connectivity index (χ4n) is 3.06.